The van der Waals surface area contributed by atoms with Crippen molar-refractivity contribution >= 4 is 5.97 Å². The van der Waals surface area contributed by atoms with E-state index in [1.54, 1.807) is 0 Å². The molecule has 0 amide bonds. The van der Waals surface area contributed by atoms with Crippen LogP contribution in [0.15, 0.2) is 12.2 Å². The molecule has 0 saturated heterocycles. The molecule has 0 N–H and O–H groups in total. The Kier molecular flexibility index (Phi) is 4.70. The van der Waals surface area contributed by atoms with Crippen LogP contribution in [-0.2, 0) is 14.3 Å². The average Bonchev–Trinajstić information content (AvgIpc) is 2.00. The summed E-state index contributed by atoms with van der Waals surface area (Å²) in [4.78, 5) is 11.1. The summed E-state index contributed by atoms with van der Waals surface area (Å²) in [5.74, 6) is -0.383. The summed E-state index contributed by atoms with van der Waals surface area (Å²) in [7, 11) is 0. The van der Waals surface area contributed by atoms with Gasteiger partial charge >= 0.3 is 5.97 Å². The molecule has 0 heterocycles. The fraction of sp³-hybridized carbons (Fsp3) is 0.700. The van der Waals surface area contributed by atoms with Gasteiger partial charge in [-0.3, -0.25) is 0 Å². The summed E-state index contributed by atoms with van der Waals surface area (Å²) >= 11 is 0. The predicted molar refractivity (Wildman–Crippen MR) is 51.2 cm³/mol. The Morgan fingerprint density at radius 3 is 2.31 bits per heavy atom. The number of esters is 1. The highest BCUT2D eigenvalue weighted by Gasteiger charge is 2.12. The molecule has 0 aromatic rings. The molecule has 0 aromatic heterocycles. The Balaban J connectivity index is 3.66. The number of hydrogen-bond donors (Lipinski definition) is 0. The van der Waals surface area contributed by atoms with Gasteiger partial charge < -0.3 is 9.47 Å². The molecule has 0 rings (SSSR count). The van der Waals surface area contributed by atoms with Gasteiger partial charge in [-0.05, 0) is 27.2 Å². The highest BCUT2D eigenvalue weighted by Crippen LogP contribution is 2.07. The molecule has 0 aromatic carbocycles. The molecular formula is C10H18O3. The summed E-state index contributed by atoms with van der Waals surface area (Å²) in [6.07, 6.45) is 0.606. The minimum absolute atomic E-state index is 0.0125. The molecule has 0 unspecified atom stereocenters. The second-order valence-electron chi connectivity index (χ2n) is 3.76. The van der Waals surface area contributed by atoms with Gasteiger partial charge in [-0.15, -0.1) is 0 Å². The van der Waals surface area contributed by atoms with E-state index in [1.807, 2.05) is 27.7 Å². The van der Waals surface area contributed by atoms with E-state index in [1.165, 1.54) is 0 Å². The van der Waals surface area contributed by atoms with Crippen molar-refractivity contribution in [1.29, 1.82) is 0 Å². The van der Waals surface area contributed by atoms with Crippen LogP contribution in [-0.4, -0.2) is 18.4 Å². The predicted octanol–water partition coefficient (Wildman–Crippen LogP) is 2.27. The minimum atomic E-state index is -0.383. The van der Waals surface area contributed by atoms with Gasteiger partial charge in [0.05, 0.1) is 5.60 Å². The van der Waals surface area contributed by atoms with Crippen molar-refractivity contribution in [2.75, 3.05) is 6.79 Å². The summed E-state index contributed by atoms with van der Waals surface area (Å²) in [5.41, 5.74) is 0.186. The molecule has 0 radical (unpaired) electrons. The maximum absolute atomic E-state index is 11.1. The molecule has 0 spiro atoms. The molecular weight excluding hydrogens is 168 g/mol. The Labute approximate surface area is 79.7 Å². The lowest BCUT2D eigenvalue weighted by Crippen LogP contribution is -2.22. The van der Waals surface area contributed by atoms with Gasteiger partial charge in [-0.1, -0.05) is 13.5 Å². The second kappa shape index (κ2) is 5.02. The van der Waals surface area contributed by atoms with Gasteiger partial charge in [0.2, 0.25) is 0 Å². The fourth-order valence-corrected chi connectivity index (χ4v) is 0.506. The van der Waals surface area contributed by atoms with Crippen LogP contribution in [0.5, 0.6) is 0 Å². The van der Waals surface area contributed by atoms with Crippen LogP contribution in [0.25, 0.3) is 0 Å². The molecule has 76 valence electrons. The molecule has 0 saturated carbocycles. The molecule has 0 aliphatic heterocycles. The third-order valence-corrected chi connectivity index (χ3v) is 1.40. The third kappa shape index (κ3) is 6.34. The van der Waals surface area contributed by atoms with Gasteiger partial charge in [-0.25, -0.2) is 4.79 Å². The van der Waals surface area contributed by atoms with Crippen LogP contribution >= 0.6 is 0 Å². The van der Waals surface area contributed by atoms with Gasteiger partial charge in [-0.2, -0.15) is 0 Å². The highest BCUT2D eigenvalue weighted by molar-refractivity contribution is 5.87. The van der Waals surface area contributed by atoms with E-state index in [2.05, 4.69) is 6.58 Å². The van der Waals surface area contributed by atoms with E-state index >= 15 is 0 Å². The van der Waals surface area contributed by atoms with Crippen LogP contribution in [0.3, 0.4) is 0 Å². The highest BCUT2D eigenvalue weighted by atomic mass is 16.7. The van der Waals surface area contributed by atoms with Gasteiger partial charge in [0, 0.05) is 5.57 Å². The minimum Gasteiger partial charge on any atom is -0.435 e. The fourth-order valence-electron chi connectivity index (χ4n) is 0.506. The molecule has 0 aliphatic carbocycles. The Morgan fingerprint density at radius 1 is 1.38 bits per heavy atom. The molecule has 0 bridgehead atoms. The first-order valence-corrected chi connectivity index (χ1v) is 4.35. The van der Waals surface area contributed by atoms with E-state index in [-0.39, 0.29) is 18.4 Å². The normalized spacial score (nSPS) is 11.1. The first kappa shape index (κ1) is 12.2. The van der Waals surface area contributed by atoms with Crippen LogP contribution in [0.4, 0.5) is 0 Å². The van der Waals surface area contributed by atoms with Crippen molar-refractivity contribution in [3.63, 3.8) is 0 Å². The maximum Gasteiger partial charge on any atom is 0.335 e. The largest absolute Gasteiger partial charge is 0.435 e. The number of ether oxygens (including phenoxy) is 2. The lowest BCUT2D eigenvalue weighted by molar-refractivity contribution is -0.162. The lowest BCUT2D eigenvalue weighted by atomic mass is 10.2. The van der Waals surface area contributed by atoms with Crippen LogP contribution in [0.1, 0.15) is 34.1 Å². The topological polar surface area (TPSA) is 35.5 Å². The molecule has 13 heavy (non-hydrogen) atoms. The molecule has 3 nitrogen and oxygen atoms in total. The van der Waals surface area contributed by atoms with Crippen LogP contribution in [0.2, 0.25) is 0 Å². The van der Waals surface area contributed by atoms with Crippen LogP contribution in [0, 0.1) is 0 Å². The average molecular weight is 186 g/mol. The standard InChI is InChI=1S/C10H18O3/c1-6-8(2)9(11)12-7-13-10(3,4)5/h2,6-7H2,1,3-5H3. The van der Waals surface area contributed by atoms with Gasteiger partial charge in [0.15, 0.2) is 6.79 Å². The van der Waals surface area contributed by atoms with Crippen molar-refractivity contribution in [1.82, 2.24) is 0 Å². The second-order valence-corrected chi connectivity index (χ2v) is 3.76. The van der Waals surface area contributed by atoms with Crippen molar-refractivity contribution < 1.29 is 14.3 Å². The molecule has 0 atom stereocenters. The number of hydrogen-bond acceptors (Lipinski definition) is 3. The molecule has 0 fully saturated rings. The third-order valence-electron chi connectivity index (χ3n) is 1.40. The zero-order valence-corrected chi connectivity index (χ0v) is 8.85. The van der Waals surface area contributed by atoms with Gasteiger partial charge in [0.25, 0.3) is 0 Å². The zero-order valence-electron chi connectivity index (χ0n) is 8.85. The maximum atomic E-state index is 11.1. The number of rotatable bonds is 4. The Hall–Kier alpha value is -0.830. The SMILES string of the molecule is C=C(CC)C(=O)OCOC(C)(C)C. The summed E-state index contributed by atoms with van der Waals surface area (Å²) in [6, 6.07) is 0. The molecule has 3 heteroatoms. The van der Waals surface area contributed by atoms with E-state index < -0.39 is 0 Å². The number of carbonyl (C=O) groups excluding carboxylic acids is 1. The van der Waals surface area contributed by atoms with Crippen molar-refractivity contribution in [2.24, 2.45) is 0 Å². The lowest BCUT2D eigenvalue weighted by Gasteiger charge is -2.19. The molecule has 0 aliphatic rings. The van der Waals surface area contributed by atoms with Crippen LogP contribution < -0.4 is 0 Å². The van der Waals surface area contributed by atoms with Crippen molar-refractivity contribution in [2.45, 2.75) is 39.7 Å². The summed E-state index contributed by atoms with van der Waals surface area (Å²) in [5, 5.41) is 0. The first-order valence-electron chi connectivity index (χ1n) is 4.35. The Morgan fingerprint density at radius 2 is 1.92 bits per heavy atom. The first-order chi connectivity index (χ1) is 5.87. The quantitative estimate of drug-likeness (QED) is 0.384. The summed E-state index contributed by atoms with van der Waals surface area (Å²) in [6.45, 7) is 11.1. The van der Waals surface area contributed by atoms with Gasteiger partial charge in [0.1, 0.15) is 0 Å². The van der Waals surface area contributed by atoms with E-state index in [4.69, 9.17) is 9.47 Å². The van der Waals surface area contributed by atoms with E-state index in [0.29, 0.717) is 12.0 Å². The Bertz CT molecular complexity index is 189. The monoisotopic (exact) mass is 186 g/mol. The van der Waals surface area contributed by atoms with Crippen molar-refractivity contribution in [3.8, 4) is 0 Å². The number of carbonyl (C=O) groups is 1. The zero-order chi connectivity index (χ0) is 10.5. The smallest absolute Gasteiger partial charge is 0.335 e. The van der Waals surface area contributed by atoms with E-state index in [9.17, 15) is 4.79 Å². The van der Waals surface area contributed by atoms with Crippen molar-refractivity contribution in [3.05, 3.63) is 12.2 Å². The summed E-state index contributed by atoms with van der Waals surface area (Å²) < 4.78 is 10.0. The van der Waals surface area contributed by atoms with E-state index in [0.717, 1.165) is 0 Å².